The third kappa shape index (κ3) is 3.63. The van der Waals surface area contributed by atoms with E-state index in [9.17, 15) is 13.2 Å². The van der Waals surface area contributed by atoms with E-state index in [1.165, 1.54) is 6.20 Å². The third-order valence-electron chi connectivity index (χ3n) is 3.20. The Kier molecular flexibility index (Phi) is 4.68. The first kappa shape index (κ1) is 16.0. The highest BCUT2D eigenvalue weighted by Crippen LogP contribution is 2.36. The number of rotatable bonds is 4. The van der Waals surface area contributed by atoms with Gasteiger partial charge in [-0.15, -0.1) is 11.3 Å². The summed E-state index contributed by atoms with van der Waals surface area (Å²) in [5, 5.41) is 2.44. The second-order valence-corrected chi connectivity index (χ2v) is 5.98. The normalized spacial score (nSPS) is 13.4. The molecule has 2 aromatic rings. The quantitative estimate of drug-likeness (QED) is 0.900. The minimum atomic E-state index is -4.39. The Morgan fingerprint density at radius 3 is 2.52 bits per heavy atom. The molecule has 1 aromatic carbocycles. The molecule has 1 heterocycles. The maximum Gasteiger partial charge on any atom is 0.443 e. The van der Waals surface area contributed by atoms with Crippen molar-refractivity contribution in [3.8, 4) is 0 Å². The van der Waals surface area contributed by atoms with Crippen LogP contribution in [0.2, 0.25) is 0 Å². The van der Waals surface area contributed by atoms with E-state index >= 15 is 0 Å². The van der Waals surface area contributed by atoms with Gasteiger partial charge in [0.15, 0.2) is 5.01 Å². The van der Waals surface area contributed by atoms with Crippen molar-refractivity contribution in [3.05, 3.63) is 51.0 Å². The lowest BCUT2D eigenvalue weighted by molar-refractivity contribution is -0.137. The molecule has 0 spiro atoms. The van der Waals surface area contributed by atoms with E-state index in [0.717, 1.165) is 16.7 Å². The molecule has 114 valence electrons. The topological polar surface area (TPSA) is 24.9 Å². The molecule has 2 nitrogen and oxygen atoms in total. The molecule has 0 radical (unpaired) electrons. The number of nitrogens with one attached hydrogen (secondary N) is 1. The number of alkyl halides is 3. The Bertz CT molecular complexity index is 620. The van der Waals surface area contributed by atoms with Crippen LogP contribution in [0.5, 0.6) is 0 Å². The van der Waals surface area contributed by atoms with Gasteiger partial charge >= 0.3 is 6.18 Å². The molecule has 0 bridgehead atoms. The van der Waals surface area contributed by atoms with Crippen molar-refractivity contribution in [1.29, 1.82) is 0 Å². The van der Waals surface area contributed by atoms with Crippen LogP contribution in [0.15, 0.2) is 24.4 Å². The fourth-order valence-corrected chi connectivity index (χ4v) is 3.15. The molecule has 0 saturated heterocycles. The number of thiazole rings is 1. The Morgan fingerprint density at radius 2 is 2.00 bits per heavy atom. The van der Waals surface area contributed by atoms with Crippen LogP contribution in [0.1, 0.15) is 39.5 Å². The van der Waals surface area contributed by atoms with Gasteiger partial charge in [-0.1, -0.05) is 30.7 Å². The van der Waals surface area contributed by atoms with E-state index in [-0.39, 0.29) is 6.04 Å². The first-order valence-electron chi connectivity index (χ1n) is 6.66. The number of benzene rings is 1. The third-order valence-corrected chi connectivity index (χ3v) is 4.30. The van der Waals surface area contributed by atoms with Crippen molar-refractivity contribution >= 4 is 11.3 Å². The predicted molar refractivity (Wildman–Crippen MR) is 78.6 cm³/mol. The van der Waals surface area contributed by atoms with Crippen LogP contribution in [0.4, 0.5) is 13.2 Å². The number of aryl methyl sites for hydroxylation is 2. The molecule has 1 aromatic heterocycles. The Labute approximate surface area is 126 Å². The molecule has 1 atom stereocenters. The summed E-state index contributed by atoms with van der Waals surface area (Å²) < 4.78 is 38.1. The number of aromatic nitrogens is 1. The summed E-state index contributed by atoms with van der Waals surface area (Å²) in [6.07, 6.45) is -3.07. The summed E-state index contributed by atoms with van der Waals surface area (Å²) in [6.45, 7) is 6.56. The smallest absolute Gasteiger partial charge is 0.306 e. The van der Waals surface area contributed by atoms with Crippen molar-refractivity contribution in [2.45, 2.75) is 33.0 Å². The zero-order valence-corrected chi connectivity index (χ0v) is 12.9. The second-order valence-electron chi connectivity index (χ2n) is 4.92. The molecule has 0 aliphatic rings. The lowest BCUT2D eigenvalue weighted by Crippen LogP contribution is -2.22. The molecule has 2 rings (SSSR count). The van der Waals surface area contributed by atoms with E-state index in [1.807, 2.05) is 39.0 Å². The second kappa shape index (κ2) is 6.15. The molecular formula is C15H17F3N2S. The Hall–Kier alpha value is -1.40. The van der Waals surface area contributed by atoms with E-state index in [4.69, 9.17) is 0 Å². The fraction of sp³-hybridized carbons (Fsp3) is 0.400. The maximum atomic E-state index is 12.7. The Morgan fingerprint density at radius 1 is 1.29 bits per heavy atom. The molecular weight excluding hydrogens is 297 g/mol. The van der Waals surface area contributed by atoms with Gasteiger partial charge in [0.2, 0.25) is 0 Å². The van der Waals surface area contributed by atoms with Crippen LogP contribution in [0.25, 0.3) is 0 Å². The van der Waals surface area contributed by atoms with Gasteiger partial charge in [-0.25, -0.2) is 4.98 Å². The molecule has 6 heteroatoms. The van der Waals surface area contributed by atoms with Crippen molar-refractivity contribution in [3.63, 3.8) is 0 Å². The summed E-state index contributed by atoms with van der Waals surface area (Å²) in [4.78, 5) is 4.10. The van der Waals surface area contributed by atoms with E-state index in [1.54, 1.807) is 0 Å². The summed E-state index contributed by atoms with van der Waals surface area (Å²) >= 11 is 0.697. The van der Waals surface area contributed by atoms with Gasteiger partial charge in [0.25, 0.3) is 0 Å². The molecule has 1 N–H and O–H groups in total. The van der Waals surface area contributed by atoms with Crippen molar-refractivity contribution < 1.29 is 13.2 Å². The zero-order valence-electron chi connectivity index (χ0n) is 12.1. The van der Waals surface area contributed by atoms with Crippen molar-refractivity contribution in [2.75, 3.05) is 6.54 Å². The standard InChI is InChI=1S/C15H17F3N2S/c1-4-19-13(11-6-5-9(2)7-10(11)3)12-8-20-14(21-12)15(16,17)18/h5-8,13,19H,4H2,1-3H3. The largest absolute Gasteiger partial charge is 0.443 e. The van der Waals surface area contributed by atoms with E-state index in [2.05, 4.69) is 10.3 Å². The van der Waals surface area contributed by atoms with E-state index in [0.29, 0.717) is 22.8 Å². The summed E-state index contributed by atoms with van der Waals surface area (Å²) in [6, 6.07) is 5.71. The van der Waals surface area contributed by atoms with Gasteiger partial charge in [-0.05, 0) is 31.5 Å². The zero-order chi connectivity index (χ0) is 15.6. The SMILES string of the molecule is CCNC(c1cnc(C(F)(F)F)s1)c1ccc(C)cc1C. The van der Waals surface area contributed by atoms with E-state index < -0.39 is 11.2 Å². The average Bonchev–Trinajstić information content (AvgIpc) is 2.86. The van der Waals surface area contributed by atoms with Gasteiger partial charge in [0.05, 0.1) is 6.04 Å². The van der Waals surface area contributed by atoms with Crippen LogP contribution >= 0.6 is 11.3 Å². The van der Waals surface area contributed by atoms with Gasteiger partial charge in [0.1, 0.15) is 0 Å². The van der Waals surface area contributed by atoms with Crippen LogP contribution in [0, 0.1) is 13.8 Å². The molecule has 0 saturated carbocycles. The average molecular weight is 314 g/mol. The van der Waals surface area contributed by atoms with Crippen LogP contribution in [-0.4, -0.2) is 11.5 Å². The molecule has 1 unspecified atom stereocenters. The first-order chi connectivity index (χ1) is 9.82. The molecule has 0 aliphatic heterocycles. The summed E-state index contributed by atoms with van der Waals surface area (Å²) in [5.41, 5.74) is 3.18. The van der Waals surface area contributed by atoms with Crippen LogP contribution in [0.3, 0.4) is 0 Å². The number of hydrogen-bond acceptors (Lipinski definition) is 3. The summed E-state index contributed by atoms with van der Waals surface area (Å²) in [5.74, 6) is 0. The van der Waals surface area contributed by atoms with Crippen LogP contribution in [-0.2, 0) is 6.18 Å². The Balaban J connectivity index is 2.41. The van der Waals surface area contributed by atoms with Gasteiger partial charge in [-0.3, -0.25) is 0 Å². The predicted octanol–water partition coefficient (Wildman–Crippen LogP) is 4.48. The fourth-order valence-electron chi connectivity index (χ4n) is 2.27. The van der Waals surface area contributed by atoms with Crippen molar-refractivity contribution in [1.82, 2.24) is 10.3 Å². The van der Waals surface area contributed by atoms with Gasteiger partial charge in [0, 0.05) is 11.1 Å². The van der Waals surface area contributed by atoms with Crippen LogP contribution < -0.4 is 5.32 Å². The number of hydrogen-bond donors (Lipinski definition) is 1. The highest BCUT2D eigenvalue weighted by Gasteiger charge is 2.35. The van der Waals surface area contributed by atoms with Gasteiger partial charge < -0.3 is 5.32 Å². The first-order valence-corrected chi connectivity index (χ1v) is 7.48. The highest BCUT2D eigenvalue weighted by molar-refractivity contribution is 7.11. The minimum Gasteiger partial charge on any atom is -0.306 e. The molecule has 0 amide bonds. The number of halogens is 3. The number of nitrogens with zero attached hydrogens (tertiary/aromatic N) is 1. The van der Waals surface area contributed by atoms with Gasteiger partial charge in [-0.2, -0.15) is 13.2 Å². The van der Waals surface area contributed by atoms with Crippen molar-refractivity contribution in [2.24, 2.45) is 0 Å². The monoisotopic (exact) mass is 314 g/mol. The molecule has 0 aliphatic carbocycles. The minimum absolute atomic E-state index is 0.260. The molecule has 0 fully saturated rings. The highest BCUT2D eigenvalue weighted by atomic mass is 32.1. The lowest BCUT2D eigenvalue weighted by Gasteiger charge is -2.19. The molecule has 21 heavy (non-hydrogen) atoms. The summed E-state index contributed by atoms with van der Waals surface area (Å²) in [7, 11) is 0. The maximum absolute atomic E-state index is 12.7. The lowest BCUT2D eigenvalue weighted by atomic mass is 9.98.